The number of rotatable bonds is 5. The van der Waals surface area contributed by atoms with Gasteiger partial charge in [0.25, 0.3) is 0 Å². The molecule has 6 nitrogen and oxygen atoms in total. The summed E-state index contributed by atoms with van der Waals surface area (Å²) in [6.07, 6.45) is 3.32. The number of aliphatic hydroxyl groups is 2. The molecule has 20 heavy (non-hydrogen) atoms. The number of aliphatic hydroxyl groups excluding tert-OH is 2. The predicted octanol–water partition coefficient (Wildman–Crippen LogP) is 0.765. The molecule has 0 spiro atoms. The van der Waals surface area contributed by atoms with Gasteiger partial charge in [0.1, 0.15) is 5.60 Å². The molecule has 0 aromatic heterocycles. The van der Waals surface area contributed by atoms with E-state index < -0.39 is 5.60 Å². The molecule has 2 unspecified atom stereocenters. The van der Waals surface area contributed by atoms with Crippen LogP contribution in [0.15, 0.2) is 0 Å². The van der Waals surface area contributed by atoms with Gasteiger partial charge >= 0.3 is 6.09 Å². The lowest BCUT2D eigenvalue weighted by molar-refractivity contribution is 0.0485. The van der Waals surface area contributed by atoms with Crippen molar-refractivity contribution in [3.8, 4) is 0 Å². The zero-order valence-corrected chi connectivity index (χ0v) is 12.7. The Morgan fingerprint density at radius 2 is 1.85 bits per heavy atom. The van der Waals surface area contributed by atoms with E-state index in [0.29, 0.717) is 0 Å². The maximum absolute atomic E-state index is 11.7. The Bertz CT molecular complexity index is 300. The highest BCUT2D eigenvalue weighted by Crippen LogP contribution is 2.19. The first kappa shape index (κ1) is 17.2. The van der Waals surface area contributed by atoms with Gasteiger partial charge in [-0.3, -0.25) is 0 Å². The van der Waals surface area contributed by atoms with Gasteiger partial charge in [-0.15, -0.1) is 0 Å². The van der Waals surface area contributed by atoms with Crippen LogP contribution < -0.4 is 10.6 Å². The maximum atomic E-state index is 11.7. The minimum atomic E-state index is -0.491. The highest BCUT2D eigenvalue weighted by atomic mass is 16.6. The molecule has 2 atom stereocenters. The van der Waals surface area contributed by atoms with Crippen LogP contribution in [-0.4, -0.2) is 53.2 Å². The van der Waals surface area contributed by atoms with Crippen LogP contribution in [0, 0.1) is 0 Å². The molecule has 1 aliphatic carbocycles. The first-order chi connectivity index (χ1) is 9.34. The Morgan fingerprint density at radius 1 is 1.25 bits per heavy atom. The van der Waals surface area contributed by atoms with Gasteiger partial charge in [-0.2, -0.15) is 0 Å². The van der Waals surface area contributed by atoms with E-state index in [2.05, 4.69) is 10.6 Å². The second-order valence-electron chi connectivity index (χ2n) is 6.44. The molecule has 0 radical (unpaired) electrons. The number of alkyl carbamates (subject to hydrolysis) is 1. The van der Waals surface area contributed by atoms with E-state index in [1.54, 1.807) is 0 Å². The van der Waals surface area contributed by atoms with Crippen LogP contribution >= 0.6 is 0 Å². The molecule has 0 aliphatic heterocycles. The van der Waals surface area contributed by atoms with Crippen molar-refractivity contribution in [1.82, 2.24) is 10.6 Å². The van der Waals surface area contributed by atoms with E-state index in [0.717, 1.165) is 25.7 Å². The van der Waals surface area contributed by atoms with Crippen LogP contribution in [-0.2, 0) is 4.74 Å². The Kier molecular flexibility index (Phi) is 6.71. The fourth-order valence-electron chi connectivity index (χ4n) is 2.44. The predicted molar refractivity (Wildman–Crippen MR) is 76.5 cm³/mol. The SMILES string of the molecule is CC(C)(C)OC(=O)NC1CCCC(NC(CO)CO)C1. The number of amides is 1. The van der Waals surface area contributed by atoms with E-state index in [1.165, 1.54) is 0 Å². The van der Waals surface area contributed by atoms with E-state index in [4.69, 9.17) is 14.9 Å². The van der Waals surface area contributed by atoms with Crippen LogP contribution in [0.4, 0.5) is 4.79 Å². The van der Waals surface area contributed by atoms with Gasteiger partial charge in [0, 0.05) is 12.1 Å². The van der Waals surface area contributed by atoms with Crippen LogP contribution in [0.25, 0.3) is 0 Å². The number of hydrogen-bond donors (Lipinski definition) is 4. The number of nitrogens with one attached hydrogen (secondary N) is 2. The fraction of sp³-hybridized carbons (Fsp3) is 0.929. The molecule has 6 heteroatoms. The average molecular weight is 288 g/mol. The van der Waals surface area contributed by atoms with Crippen molar-refractivity contribution in [2.75, 3.05) is 13.2 Å². The van der Waals surface area contributed by atoms with E-state index in [-0.39, 0.29) is 37.4 Å². The summed E-state index contributed by atoms with van der Waals surface area (Å²) in [5.74, 6) is 0. The molecule has 0 aromatic carbocycles. The lowest BCUT2D eigenvalue weighted by Gasteiger charge is -2.32. The Labute approximate surface area is 120 Å². The molecular weight excluding hydrogens is 260 g/mol. The molecule has 1 fully saturated rings. The van der Waals surface area contributed by atoms with Crippen molar-refractivity contribution in [2.45, 2.75) is 70.2 Å². The fourth-order valence-corrected chi connectivity index (χ4v) is 2.44. The minimum absolute atomic E-state index is 0.0779. The third-order valence-electron chi connectivity index (χ3n) is 3.31. The molecule has 0 bridgehead atoms. The van der Waals surface area contributed by atoms with Crippen molar-refractivity contribution in [3.05, 3.63) is 0 Å². The molecule has 1 aliphatic rings. The van der Waals surface area contributed by atoms with Crippen LogP contribution in [0.1, 0.15) is 46.5 Å². The van der Waals surface area contributed by atoms with Crippen LogP contribution in [0.5, 0.6) is 0 Å². The molecule has 118 valence electrons. The highest BCUT2D eigenvalue weighted by molar-refractivity contribution is 5.68. The van der Waals surface area contributed by atoms with Crippen molar-refractivity contribution >= 4 is 6.09 Å². The van der Waals surface area contributed by atoms with Crippen LogP contribution in [0.3, 0.4) is 0 Å². The van der Waals surface area contributed by atoms with Crippen molar-refractivity contribution in [2.24, 2.45) is 0 Å². The summed E-state index contributed by atoms with van der Waals surface area (Å²) in [4.78, 5) is 11.7. The average Bonchev–Trinajstić information content (AvgIpc) is 2.34. The summed E-state index contributed by atoms with van der Waals surface area (Å²) in [6, 6.07) is -0.0117. The molecule has 1 rings (SSSR count). The zero-order valence-electron chi connectivity index (χ0n) is 12.7. The summed E-state index contributed by atoms with van der Waals surface area (Å²) >= 11 is 0. The number of ether oxygens (including phenoxy) is 1. The minimum Gasteiger partial charge on any atom is -0.444 e. The quantitative estimate of drug-likeness (QED) is 0.600. The largest absolute Gasteiger partial charge is 0.444 e. The number of carbonyl (C=O) groups is 1. The summed E-state index contributed by atoms with van der Waals surface area (Å²) in [5.41, 5.74) is -0.491. The third-order valence-corrected chi connectivity index (χ3v) is 3.31. The molecule has 4 N–H and O–H groups in total. The Hall–Kier alpha value is -0.850. The molecule has 0 heterocycles. The highest BCUT2D eigenvalue weighted by Gasteiger charge is 2.26. The molecule has 0 aromatic rings. The molecule has 1 saturated carbocycles. The second kappa shape index (κ2) is 7.81. The summed E-state index contributed by atoms with van der Waals surface area (Å²) in [6.45, 7) is 5.34. The van der Waals surface area contributed by atoms with E-state index >= 15 is 0 Å². The Balaban J connectivity index is 2.39. The maximum Gasteiger partial charge on any atom is 0.407 e. The lowest BCUT2D eigenvalue weighted by Crippen LogP contribution is -2.49. The zero-order chi connectivity index (χ0) is 15.2. The van der Waals surface area contributed by atoms with Gasteiger partial charge in [0.05, 0.1) is 19.3 Å². The van der Waals surface area contributed by atoms with Gasteiger partial charge in [-0.1, -0.05) is 0 Å². The number of carbonyl (C=O) groups excluding carboxylic acids is 1. The summed E-state index contributed by atoms with van der Waals surface area (Å²) < 4.78 is 5.25. The van der Waals surface area contributed by atoms with Crippen molar-refractivity contribution in [1.29, 1.82) is 0 Å². The number of hydrogen-bond acceptors (Lipinski definition) is 5. The third kappa shape index (κ3) is 6.54. The van der Waals surface area contributed by atoms with E-state index in [1.807, 2.05) is 20.8 Å². The van der Waals surface area contributed by atoms with Gasteiger partial charge in [0.2, 0.25) is 0 Å². The van der Waals surface area contributed by atoms with Gasteiger partial charge in [-0.05, 0) is 46.5 Å². The first-order valence-corrected chi connectivity index (χ1v) is 7.31. The summed E-state index contributed by atoms with van der Waals surface area (Å²) in [7, 11) is 0. The van der Waals surface area contributed by atoms with Crippen molar-refractivity contribution in [3.63, 3.8) is 0 Å². The first-order valence-electron chi connectivity index (χ1n) is 7.31. The molecule has 1 amide bonds. The van der Waals surface area contributed by atoms with Gasteiger partial charge < -0.3 is 25.6 Å². The van der Waals surface area contributed by atoms with Crippen LogP contribution in [0.2, 0.25) is 0 Å². The Morgan fingerprint density at radius 3 is 2.40 bits per heavy atom. The smallest absolute Gasteiger partial charge is 0.407 e. The van der Waals surface area contributed by atoms with Gasteiger partial charge in [-0.25, -0.2) is 4.79 Å². The van der Waals surface area contributed by atoms with E-state index in [9.17, 15) is 4.79 Å². The standard InChI is InChI=1S/C14H28N2O4/c1-14(2,3)20-13(19)16-11-6-4-5-10(7-11)15-12(8-17)9-18/h10-12,15,17-18H,4-9H2,1-3H3,(H,16,19). The monoisotopic (exact) mass is 288 g/mol. The van der Waals surface area contributed by atoms with Crippen molar-refractivity contribution < 1.29 is 19.7 Å². The lowest BCUT2D eigenvalue weighted by atomic mass is 9.90. The molecule has 0 saturated heterocycles. The second-order valence-corrected chi connectivity index (χ2v) is 6.44. The summed E-state index contributed by atoms with van der Waals surface area (Å²) in [5, 5.41) is 24.3. The topological polar surface area (TPSA) is 90.8 Å². The molecular formula is C14H28N2O4. The normalized spacial score (nSPS) is 23.7. The van der Waals surface area contributed by atoms with Gasteiger partial charge in [0.15, 0.2) is 0 Å².